The Labute approximate surface area is 166 Å². The smallest absolute Gasteiger partial charge is 0.300 e. The molecule has 0 spiro atoms. The second-order valence-electron chi connectivity index (χ2n) is 7.23. The minimum atomic E-state index is -0.833. The van der Waals surface area contributed by atoms with Gasteiger partial charge in [-0.3, -0.25) is 4.79 Å². The minimum absolute atomic E-state index is 0.705. The molecule has 156 valence electrons. The molecular formula is C23H42N2O2. The molecule has 0 aliphatic rings. The van der Waals surface area contributed by atoms with Gasteiger partial charge in [-0.25, -0.2) is 0 Å². The molecule has 1 aromatic rings. The van der Waals surface area contributed by atoms with Gasteiger partial charge < -0.3 is 16.2 Å². The molecule has 0 amide bonds. The summed E-state index contributed by atoms with van der Waals surface area (Å²) in [4.78, 5) is 9.00. The Bertz CT molecular complexity index is 442. The van der Waals surface area contributed by atoms with Crippen LogP contribution in [0.25, 0.3) is 0 Å². The number of rotatable bonds is 15. The molecule has 4 nitrogen and oxygen atoms in total. The fourth-order valence-corrected chi connectivity index (χ4v) is 2.98. The molecule has 27 heavy (non-hydrogen) atoms. The maximum Gasteiger partial charge on any atom is 0.300 e. The Hall–Kier alpha value is -1.39. The van der Waals surface area contributed by atoms with Gasteiger partial charge in [0.1, 0.15) is 0 Å². The molecule has 0 bridgehead atoms. The van der Waals surface area contributed by atoms with E-state index < -0.39 is 5.97 Å². The molecule has 0 atom stereocenters. The zero-order valence-electron chi connectivity index (χ0n) is 17.6. The number of aryl methyl sites for hydroxylation is 1. The Morgan fingerprint density at radius 2 is 1.33 bits per heavy atom. The first-order chi connectivity index (χ1) is 13.1. The Kier molecular flexibility index (Phi) is 18.4. The van der Waals surface area contributed by atoms with E-state index in [1.165, 1.54) is 81.8 Å². The summed E-state index contributed by atoms with van der Waals surface area (Å²) in [6, 6.07) is 9.06. The lowest BCUT2D eigenvalue weighted by Gasteiger charge is -2.06. The average Bonchev–Trinajstić information content (AvgIpc) is 2.64. The van der Waals surface area contributed by atoms with Crippen LogP contribution in [0.2, 0.25) is 0 Å². The van der Waals surface area contributed by atoms with E-state index >= 15 is 0 Å². The first kappa shape index (κ1) is 25.6. The Morgan fingerprint density at radius 1 is 0.889 bits per heavy atom. The summed E-state index contributed by atoms with van der Waals surface area (Å²) < 4.78 is 0. The maximum absolute atomic E-state index is 9.00. The van der Waals surface area contributed by atoms with Crippen LogP contribution in [0.4, 0.5) is 0 Å². The fraction of sp³-hybridized carbons (Fsp3) is 0.696. The van der Waals surface area contributed by atoms with Gasteiger partial charge in [-0.2, -0.15) is 0 Å². The zero-order chi connectivity index (χ0) is 20.2. The zero-order valence-corrected chi connectivity index (χ0v) is 17.6. The van der Waals surface area contributed by atoms with Crippen LogP contribution in [0.5, 0.6) is 0 Å². The predicted octanol–water partition coefficient (Wildman–Crippen LogP) is 5.29. The van der Waals surface area contributed by atoms with Gasteiger partial charge in [0, 0.05) is 26.6 Å². The number of aliphatic carboxylic acids is 1. The third-order valence-corrected chi connectivity index (χ3v) is 4.49. The Morgan fingerprint density at radius 3 is 1.81 bits per heavy atom. The van der Waals surface area contributed by atoms with E-state index in [4.69, 9.17) is 15.6 Å². The number of hydrogen-bond acceptors (Lipinski definition) is 3. The molecule has 0 saturated heterocycles. The number of unbranched alkanes of at least 4 members (excludes halogenated alkanes) is 9. The molecule has 1 aromatic carbocycles. The monoisotopic (exact) mass is 378 g/mol. The van der Waals surface area contributed by atoms with Gasteiger partial charge in [-0.15, -0.1) is 0 Å². The lowest BCUT2D eigenvalue weighted by molar-refractivity contribution is -0.134. The normalized spacial score (nSPS) is 10.3. The van der Waals surface area contributed by atoms with Crippen molar-refractivity contribution in [3.63, 3.8) is 0 Å². The van der Waals surface area contributed by atoms with Crippen molar-refractivity contribution in [3.8, 4) is 0 Å². The van der Waals surface area contributed by atoms with E-state index in [-0.39, 0.29) is 0 Å². The summed E-state index contributed by atoms with van der Waals surface area (Å²) in [6.45, 7) is 5.89. The van der Waals surface area contributed by atoms with Crippen LogP contribution < -0.4 is 11.1 Å². The summed E-state index contributed by atoms with van der Waals surface area (Å²) in [6.07, 6.45) is 15.3. The van der Waals surface area contributed by atoms with Crippen molar-refractivity contribution in [1.82, 2.24) is 5.32 Å². The van der Waals surface area contributed by atoms with Crippen molar-refractivity contribution in [2.75, 3.05) is 13.1 Å². The summed E-state index contributed by atoms with van der Waals surface area (Å²) in [7, 11) is 0. The first-order valence-electron chi connectivity index (χ1n) is 10.8. The highest BCUT2D eigenvalue weighted by atomic mass is 16.4. The number of hydrogen-bond donors (Lipinski definition) is 3. The van der Waals surface area contributed by atoms with Crippen LogP contribution in [-0.4, -0.2) is 24.2 Å². The summed E-state index contributed by atoms with van der Waals surface area (Å²) in [5.41, 5.74) is 8.31. The third kappa shape index (κ3) is 19.2. The lowest BCUT2D eigenvalue weighted by Crippen LogP contribution is -2.21. The second-order valence-corrected chi connectivity index (χ2v) is 7.23. The quantitative estimate of drug-likeness (QED) is 0.363. The van der Waals surface area contributed by atoms with Crippen LogP contribution in [-0.2, 0) is 17.8 Å². The molecule has 0 unspecified atom stereocenters. The van der Waals surface area contributed by atoms with Crippen LogP contribution in [0.15, 0.2) is 24.3 Å². The summed E-state index contributed by atoms with van der Waals surface area (Å²) >= 11 is 0. The van der Waals surface area contributed by atoms with Crippen LogP contribution in [0.3, 0.4) is 0 Å². The van der Waals surface area contributed by atoms with Crippen molar-refractivity contribution < 1.29 is 9.90 Å². The standard InChI is InChI=1S/C21H38N2.C2H4O2/c1-2-3-4-5-6-7-8-9-10-11-12-20-13-15-21(16-14-20)19-23-18-17-22;1-2(3)4/h13-16,23H,2-12,17-19,22H2,1H3;1H3,(H,3,4). The van der Waals surface area contributed by atoms with Crippen molar-refractivity contribution in [1.29, 1.82) is 0 Å². The van der Waals surface area contributed by atoms with Gasteiger partial charge in [0.05, 0.1) is 0 Å². The number of carboxylic acid groups (broad SMARTS) is 1. The average molecular weight is 379 g/mol. The van der Waals surface area contributed by atoms with E-state index in [1.807, 2.05) is 0 Å². The van der Waals surface area contributed by atoms with E-state index in [0.717, 1.165) is 20.0 Å². The molecule has 0 fully saturated rings. The molecule has 0 saturated carbocycles. The number of carbonyl (C=O) groups is 1. The molecule has 0 aliphatic carbocycles. The number of nitrogens with one attached hydrogen (secondary N) is 1. The largest absolute Gasteiger partial charge is 0.481 e. The van der Waals surface area contributed by atoms with Gasteiger partial charge in [0.2, 0.25) is 0 Å². The van der Waals surface area contributed by atoms with Crippen LogP contribution >= 0.6 is 0 Å². The third-order valence-electron chi connectivity index (χ3n) is 4.49. The summed E-state index contributed by atoms with van der Waals surface area (Å²) in [5, 5.41) is 10.8. The highest BCUT2D eigenvalue weighted by Crippen LogP contribution is 2.13. The van der Waals surface area contributed by atoms with E-state index in [9.17, 15) is 0 Å². The summed E-state index contributed by atoms with van der Waals surface area (Å²) in [5.74, 6) is -0.833. The number of nitrogens with two attached hydrogens (primary N) is 1. The predicted molar refractivity (Wildman–Crippen MR) is 116 cm³/mol. The van der Waals surface area contributed by atoms with Crippen LogP contribution in [0.1, 0.15) is 89.2 Å². The molecule has 4 N–H and O–H groups in total. The minimum Gasteiger partial charge on any atom is -0.481 e. The second kappa shape index (κ2) is 19.4. The first-order valence-corrected chi connectivity index (χ1v) is 10.8. The van der Waals surface area contributed by atoms with Gasteiger partial charge >= 0.3 is 0 Å². The van der Waals surface area contributed by atoms with Gasteiger partial charge in [-0.1, -0.05) is 89.0 Å². The molecular weight excluding hydrogens is 336 g/mol. The van der Waals surface area contributed by atoms with E-state index in [2.05, 4.69) is 36.5 Å². The fourth-order valence-electron chi connectivity index (χ4n) is 2.98. The highest BCUT2D eigenvalue weighted by Gasteiger charge is 1.97. The molecule has 1 rings (SSSR count). The van der Waals surface area contributed by atoms with E-state index in [1.54, 1.807) is 0 Å². The van der Waals surface area contributed by atoms with Crippen molar-refractivity contribution in [3.05, 3.63) is 35.4 Å². The topological polar surface area (TPSA) is 75.3 Å². The molecule has 0 heterocycles. The molecule has 4 heteroatoms. The molecule has 0 aliphatic heterocycles. The lowest BCUT2D eigenvalue weighted by atomic mass is 10.0. The number of carboxylic acids is 1. The van der Waals surface area contributed by atoms with Crippen molar-refractivity contribution >= 4 is 5.97 Å². The SMILES string of the molecule is CC(=O)O.CCCCCCCCCCCCc1ccc(CNCCN)cc1. The van der Waals surface area contributed by atoms with Gasteiger partial charge in [0.15, 0.2) is 0 Å². The van der Waals surface area contributed by atoms with Gasteiger partial charge in [-0.05, 0) is 24.0 Å². The van der Waals surface area contributed by atoms with Crippen LogP contribution in [0, 0.1) is 0 Å². The molecule has 0 aromatic heterocycles. The van der Waals surface area contributed by atoms with Crippen molar-refractivity contribution in [2.45, 2.75) is 91.0 Å². The van der Waals surface area contributed by atoms with E-state index in [0.29, 0.717) is 6.54 Å². The molecule has 0 radical (unpaired) electrons. The highest BCUT2D eigenvalue weighted by molar-refractivity contribution is 5.62. The maximum atomic E-state index is 9.00. The van der Waals surface area contributed by atoms with Gasteiger partial charge in [0.25, 0.3) is 5.97 Å². The number of benzene rings is 1. The Balaban J connectivity index is 0.00000153. The van der Waals surface area contributed by atoms with Crippen molar-refractivity contribution in [2.24, 2.45) is 5.73 Å².